The Morgan fingerprint density at radius 3 is 3.75 bits per heavy atom. The van der Waals surface area contributed by atoms with Crippen molar-refractivity contribution in [3.05, 3.63) is 12.0 Å². The molecule has 8 heavy (non-hydrogen) atoms. The molecule has 0 spiro atoms. The molecule has 0 saturated heterocycles. The average molecular weight is 111 g/mol. The van der Waals surface area contributed by atoms with E-state index in [9.17, 15) is 0 Å². The van der Waals surface area contributed by atoms with Gasteiger partial charge in [-0.2, -0.15) is 5.06 Å². The zero-order chi connectivity index (χ0) is 5.40. The molecule has 1 radical (unpaired) electrons. The molecule has 0 aliphatic carbocycles. The number of rotatable bonds is 0. The molecule has 0 bridgehead atoms. The van der Waals surface area contributed by atoms with Gasteiger partial charge in [-0.05, 0) is 0 Å². The molecule has 0 aromatic carbocycles. The molecule has 0 saturated carbocycles. The van der Waals surface area contributed by atoms with Gasteiger partial charge in [0.25, 0.3) is 5.88 Å². The second-order valence-electron chi connectivity index (χ2n) is 1.42. The van der Waals surface area contributed by atoms with Crippen LogP contribution in [-0.2, 0) is 9.68 Å². The van der Waals surface area contributed by atoms with Crippen molar-refractivity contribution in [2.75, 3.05) is 6.61 Å². The summed E-state index contributed by atoms with van der Waals surface area (Å²) in [6, 6.07) is 0. The standard InChI is InChI=1S/C4H3N2O2/c1-2-7-6-3-5-8-4(1)6/h1H,2H2. The molecular weight excluding hydrogens is 108 g/mol. The van der Waals surface area contributed by atoms with Crippen LogP contribution in [0.4, 0.5) is 0 Å². The molecule has 2 rings (SSSR count). The van der Waals surface area contributed by atoms with Gasteiger partial charge in [0.15, 0.2) is 0 Å². The van der Waals surface area contributed by atoms with Gasteiger partial charge in [0, 0.05) is 6.08 Å². The maximum Gasteiger partial charge on any atom is 0.254 e. The summed E-state index contributed by atoms with van der Waals surface area (Å²) in [6.07, 6.45) is 4.25. The van der Waals surface area contributed by atoms with Crippen LogP contribution in [0.3, 0.4) is 0 Å². The smallest absolute Gasteiger partial charge is 0.254 e. The van der Waals surface area contributed by atoms with E-state index in [0.29, 0.717) is 12.5 Å². The summed E-state index contributed by atoms with van der Waals surface area (Å²) in [7, 11) is 0. The maximum atomic E-state index is 4.89. The van der Waals surface area contributed by atoms with E-state index in [4.69, 9.17) is 4.84 Å². The third-order valence-corrected chi connectivity index (χ3v) is 0.933. The minimum Gasteiger partial charge on any atom is -0.334 e. The molecule has 0 amide bonds. The number of fused-ring (bicyclic) bond motifs is 1. The van der Waals surface area contributed by atoms with E-state index in [1.54, 1.807) is 6.08 Å². The predicted molar refractivity (Wildman–Crippen MR) is 24.4 cm³/mol. The predicted octanol–water partition coefficient (Wildman–Crippen LogP) is -0.0745. The van der Waals surface area contributed by atoms with Crippen molar-refractivity contribution in [2.24, 2.45) is 5.16 Å². The minimum absolute atomic E-state index is 0.553. The van der Waals surface area contributed by atoms with Crippen LogP contribution in [0.1, 0.15) is 0 Å². The van der Waals surface area contributed by atoms with Crippen molar-refractivity contribution in [1.82, 2.24) is 5.06 Å². The Bertz CT molecular complexity index is 163. The minimum atomic E-state index is 0.553. The lowest BCUT2D eigenvalue weighted by Gasteiger charge is -2.00. The van der Waals surface area contributed by atoms with Gasteiger partial charge in [0.05, 0.1) is 6.61 Å². The molecule has 41 valence electrons. The quantitative estimate of drug-likeness (QED) is 0.438. The highest BCUT2D eigenvalue weighted by molar-refractivity contribution is 5.57. The number of nitrogens with zero attached hydrogens (tertiary/aromatic N) is 2. The highest BCUT2D eigenvalue weighted by Crippen LogP contribution is 2.16. The van der Waals surface area contributed by atoms with Gasteiger partial charge in [-0.3, -0.25) is 4.84 Å². The third kappa shape index (κ3) is 0.350. The lowest BCUT2D eigenvalue weighted by atomic mass is 10.6. The van der Waals surface area contributed by atoms with E-state index >= 15 is 0 Å². The monoisotopic (exact) mass is 111 g/mol. The van der Waals surface area contributed by atoms with Gasteiger partial charge in [0.2, 0.25) is 6.34 Å². The Morgan fingerprint density at radius 1 is 1.88 bits per heavy atom. The summed E-state index contributed by atoms with van der Waals surface area (Å²) >= 11 is 0. The van der Waals surface area contributed by atoms with Gasteiger partial charge >= 0.3 is 0 Å². The molecule has 0 aromatic rings. The molecule has 0 atom stereocenters. The molecule has 2 aliphatic heterocycles. The Morgan fingerprint density at radius 2 is 2.88 bits per heavy atom. The number of hydrogen-bond acceptors (Lipinski definition) is 4. The molecule has 0 aromatic heterocycles. The van der Waals surface area contributed by atoms with Gasteiger partial charge in [-0.25, -0.2) is 0 Å². The second-order valence-corrected chi connectivity index (χ2v) is 1.42. The SMILES string of the molecule is [C]1=NOC2=CCON12. The molecule has 0 fully saturated rings. The molecule has 2 aliphatic rings. The van der Waals surface area contributed by atoms with Crippen molar-refractivity contribution in [1.29, 1.82) is 0 Å². The first-order valence-electron chi connectivity index (χ1n) is 2.23. The molecule has 2 heterocycles. The van der Waals surface area contributed by atoms with Gasteiger partial charge in [0.1, 0.15) is 0 Å². The summed E-state index contributed by atoms with van der Waals surface area (Å²) in [6.45, 7) is 0.553. The van der Waals surface area contributed by atoms with Crippen LogP contribution >= 0.6 is 0 Å². The van der Waals surface area contributed by atoms with Crippen LogP contribution in [-0.4, -0.2) is 18.0 Å². The highest BCUT2D eigenvalue weighted by Gasteiger charge is 2.21. The Kier molecular flexibility index (Phi) is 0.599. The van der Waals surface area contributed by atoms with E-state index < -0.39 is 0 Å². The zero-order valence-corrected chi connectivity index (χ0v) is 4.00. The lowest BCUT2D eigenvalue weighted by Crippen LogP contribution is -2.10. The normalized spacial score (nSPS) is 23.0. The van der Waals surface area contributed by atoms with E-state index in [2.05, 4.69) is 16.3 Å². The maximum absolute atomic E-state index is 4.89. The molecule has 0 unspecified atom stereocenters. The van der Waals surface area contributed by atoms with Crippen LogP contribution in [0.5, 0.6) is 0 Å². The lowest BCUT2D eigenvalue weighted by molar-refractivity contribution is -0.0508. The fourth-order valence-corrected chi connectivity index (χ4v) is 0.586. The van der Waals surface area contributed by atoms with Gasteiger partial charge in [-0.15, -0.1) is 0 Å². The van der Waals surface area contributed by atoms with Crippen LogP contribution in [0.15, 0.2) is 17.1 Å². The average Bonchev–Trinajstić information content (AvgIpc) is 2.15. The molecule has 4 heteroatoms. The fourth-order valence-electron chi connectivity index (χ4n) is 0.586. The van der Waals surface area contributed by atoms with E-state index in [1.807, 2.05) is 0 Å². The first kappa shape index (κ1) is 3.91. The number of hydroxylamine groups is 2. The Labute approximate surface area is 45.9 Å². The fraction of sp³-hybridized carbons (Fsp3) is 0.250. The molecular formula is C4H3N2O2. The van der Waals surface area contributed by atoms with Gasteiger partial charge < -0.3 is 4.84 Å². The zero-order valence-electron chi connectivity index (χ0n) is 4.00. The van der Waals surface area contributed by atoms with Crippen molar-refractivity contribution in [3.63, 3.8) is 0 Å². The second kappa shape index (κ2) is 1.23. The van der Waals surface area contributed by atoms with E-state index in [-0.39, 0.29) is 0 Å². The van der Waals surface area contributed by atoms with Crippen LogP contribution in [0.2, 0.25) is 0 Å². The van der Waals surface area contributed by atoms with Gasteiger partial charge in [-0.1, -0.05) is 5.16 Å². The first-order valence-corrected chi connectivity index (χ1v) is 2.23. The molecule has 0 N–H and O–H groups in total. The summed E-state index contributed by atoms with van der Waals surface area (Å²) in [5, 5.41) is 4.71. The summed E-state index contributed by atoms with van der Waals surface area (Å²) < 4.78 is 0. The van der Waals surface area contributed by atoms with Crippen molar-refractivity contribution >= 4 is 6.34 Å². The highest BCUT2D eigenvalue weighted by atomic mass is 16.8. The van der Waals surface area contributed by atoms with E-state index in [1.165, 1.54) is 5.06 Å². The van der Waals surface area contributed by atoms with E-state index in [0.717, 1.165) is 0 Å². The molecule has 4 nitrogen and oxygen atoms in total. The Hall–Kier alpha value is -1.03. The topological polar surface area (TPSA) is 34.1 Å². The summed E-state index contributed by atoms with van der Waals surface area (Å²) in [4.78, 5) is 9.54. The van der Waals surface area contributed by atoms with Crippen molar-refractivity contribution < 1.29 is 9.68 Å². The van der Waals surface area contributed by atoms with Crippen molar-refractivity contribution in [2.45, 2.75) is 0 Å². The third-order valence-electron chi connectivity index (χ3n) is 0.933. The summed E-state index contributed by atoms with van der Waals surface area (Å²) in [5.74, 6) is 0.616. The Balaban J connectivity index is 2.28. The first-order chi connectivity index (χ1) is 3.97. The largest absolute Gasteiger partial charge is 0.334 e. The number of hydrogen-bond donors (Lipinski definition) is 0. The van der Waals surface area contributed by atoms with Crippen molar-refractivity contribution in [3.8, 4) is 0 Å². The van der Waals surface area contributed by atoms with Crippen LogP contribution in [0, 0.1) is 0 Å². The summed E-state index contributed by atoms with van der Waals surface area (Å²) in [5.41, 5.74) is 0. The van der Waals surface area contributed by atoms with Crippen LogP contribution in [0.25, 0.3) is 0 Å². The van der Waals surface area contributed by atoms with Crippen LogP contribution < -0.4 is 0 Å².